The fraction of sp³-hybridized carbons (Fsp3) is 0.176. The maximum absolute atomic E-state index is 11.8. The molecule has 1 heterocycles. The van der Waals surface area contributed by atoms with E-state index in [9.17, 15) is 9.59 Å². The van der Waals surface area contributed by atoms with Crippen LogP contribution in [0, 0.1) is 0 Å². The molecule has 106 valence electrons. The van der Waals surface area contributed by atoms with Crippen molar-refractivity contribution >= 4 is 34.1 Å². The van der Waals surface area contributed by atoms with Crippen molar-refractivity contribution in [3.63, 3.8) is 0 Å². The molecule has 2 aromatic carbocycles. The van der Waals surface area contributed by atoms with Crippen LogP contribution in [0.3, 0.4) is 0 Å². The highest BCUT2D eigenvalue weighted by Gasteiger charge is 2.13. The molecule has 0 N–H and O–H groups in total. The number of rotatable bonds is 4. The molecule has 0 atom stereocenters. The van der Waals surface area contributed by atoms with E-state index in [4.69, 9.17) is 4.74 Å². The summed E-state index contributed by atoms with van der Waals surface area (Å²) in [6.07, 6.45) is 0.811. The second-order valence-electron chi connectivity index (χ2n) is 4.80. The number of hydrogen-bond donors (Lipinski definition) is 0. The van der Waals surface area contributed by atoms with E-state index in [0.29, 0.717) is 12.2 Å². The van der Waals surface area contributed by atoms with Gasteiger partial charge in [0.25, 0.3) is 0 Å². The van der Waals surface area contributed by atoms with Gasteiger partial charge in [-0.2, -0.15) is 0 Å². The number of carbonyl (C=O) groups is 2. The van der Waals surface area contributed by atoms with E-state index in [2.05, 4.69) is 0 Å². The summed E-state index contributed by atoms with van der Waals surface area (Å²) in [6, 6.07) is 13.4. The number of ether oxygens (including phenoxy) is 1. The Bertz CT molecular complexity index is 833. The Hall–Kier alpha value is -2.62. The lowest BCUT2D eigenvalue weighted by atomic mass is 10.1. The lowest BCUT2D eigenvalue weighted by Gasteiger charge is -2.07. The third kappa shape index (κ3) is 2.29. The first-order valence-electron chi connectivity index (χ1n) is 6.86. The maximum atomic E-state index is 11.8. The second-order valence-corrected chi connectivity index (χ2v) is 4.80. The molecular formula is C17H15NO3. The molecule has 4 heteroatoms. The first-order valence-corrected chi connectivity index (χ1v) is 6.86. The zero-order valence-electron chi connectivity index (χ0n) is 11.7. The predicted molar refractivity (Wildman–Crippen MR) is 81.5 cm³/mol. The summed E-state index contributed by atoms with van der Waals surface area (Å²) in [6.45, 7) is 2.28. The molecule has 0 saturated heterocycles. The third-order valence-electron chi connectivity index (χ3n) is 3.53. The number of carbonyl (C=O) groups excluding carboxylic acids is 2. The van der Waals surface area contributed by atoms with Crippen molar-refractivity contribution < 1.29 is 14.3 Å². The van der Waals surface area contributed by atoms with Gasteiger partial charge in [0.05, 0.1) is 12.1 Å². The highest BCUT2D eigenvalue weighted by molar-refractivity contribution is 6.09. The molecule has 0 radical (unpaired) electrons. The van der Waals surface area contributed by atoms with Gasteiger partial charge >= 0.3 is 5.97 Å². The topological polar surface area (TPSA) is 48.3 Å². The molecule has 1 aromatic heterocycles. The van der Waals surface area contributed by atoms with E-state index >= 15 is 0 Å². The smallest absolute Gasteiger partial charge is 0.325 e. The number of aromatic nitrogens is 1. The van der Waals surface area contributed by atoms with Crippen LogP contribution in [0.1, 0.15) is 17.3 Å². The van der Waals surface area contributed by atoms with E-state index in [1.807, 2.05) is 41.0 Å². The van der Waals surface area contributed by atoms with Crippen molar-refractivity contribution in [2.45, 2.75) is 13.5 Å². The van der Waals surface area contributed by atoms with Gasteiger partial charge in [0.1, 0.15) is 12.8 Å². The van der Waals surface area contributed by atoms with Crippen LogP contribution in [0.2, 0.25) is 0 Å². The molecular weight excluding hydrogens is 266 g/mol. The maximum Gasteiger partial charge on any atom is 0.325 e. The molecule has 0 aliphatic carbocycles. The summed E-state index contributed by atoms with van der Waals surface area (Å²) >= 11 is 0. The van der Waals surface area contributed by atoms with E-state index in [1.165, 1.54) is 0 Å². The van der Waals surface area contributed by atoms with Crippen LogP contribution >= 0.6 is 0 Å². The Morgan fingerprint density at radius 1 is 1.14 bits per heavy atom. The monoisotopic (exact) mass is 281 g/mol. The fourth-order valence-electron chi connectivity index (χ4n) is 2.65. The summed E-state index contributed by atoms with van der Waals surface area (Å²) < 4.78 is 6.94. The number of benzene rings is 2. The van der Waals surface area contributed by atoms with Crippen molar-refractivity contribution in [2.24, 2.45) is 0 Å². The molecule has 0 aliphatic rings. The van der Waals surface area contributed by atoms with Gasteiger partial charge in [-0.1, -0.05) is 30.3 Å². The summed E-state index contributed by atoms with van der Waals surface area (Å²) in [5.41, 5.74) is 2.42. The highest BCUT2D eigenvalue weighted by Crippen LogP contribution is 2.29. The Balaban J connectivity index is 2.26. The normalized spacial score (nSPS) is 10.9. The van der Waals surface area contributed by atoms with Crippen molar-refractivity contribution in [1.29, 1.82) is 0 Å². The minimum atomic E-state index is -0.281. The summed E-state index contributed by atoms with van der Waals surface area (Å²) in [5, 5.41) is 2.09. The standard InChI is InChI=1S/C17H15NO3/c1-2-21-17(20)10-18-15-6-4-3-5-13(15)14-8-7-12(11-19)9-16(14)18/h3-9,11H,2,10H2,1H3. The van der Waals surface area contributed by atoms with Crippen LogP contribution in [0.4, 0.5) is 0 Å². The van der Waals surface area contributed by atoms with Gasteiger partial charge in [-0.25, -0.2) is 0 Å². The molecule has 3 rings (SSSR count). The van der Waals surface area contributed by atoms with Gasteiger partial charge in [0.2, 0.25) is 0 Å². The quantitative estimate of drug-likeness (QED) is 0.545. The van der Waals surface area contributed by atoms with Crippen LogP contribution < -0.4 is 0 Å². The molecule has 3 aromatic rings. The Kier molecular flexibility index (Phi) is 3.44. The van der Waals surface area contributed by atoms with Gasteiger partial charge in [-0.05, 0) is 19.1 Å². The van der Waals surface area contributed by atoms with Gasteiger partial charge in [-0.3, -0.25) is 9.59 Å². The zero-order chi connectivity index (χ0) is 14.8. The summed E-state index contributed by atoms with van der Waals surface area (Å²) in [5.74, 6) is -0.281. The van der Waals surface area contributed by atoms with E-state index in [-0.39, 0.29) is 12.5 Å². The molecule has 0 spiro atoms. The average Bonchev–Trinajstić information content (AvgIpc) is 2.81. The van der Waals surface area contributed by atoms with Crippen molar-refractivity contribution in [2.75, 3.05) is 6.61 Å². The number of hydrogen-bond acceptors (Lipinski definition) is 3. The molecule has 0 saturated carbocycles. The molecule has 0 bridgehead atoms. The van der Waals surface area contributed by atoms with E-state index < -0.39 is 0 Å². The first-order chi connectivity index (χ1) is 10.2. The molecule has 21 heavy (non-hydrogen) atoms. The van der Waals surface area contributed by atoms with Crippen LogP contribution in [0.5, 0.6) is 0 Å². The minimum Gasteiger partial charge on any atom is -0.465 e. The predicted octanol–water partition coefficient (Wildman–Crippen LogP) is 3.17. The van der Waals surface area contributed by atoms with Crippen LogP contribution in [-0.2, 0) is 16.1 Å². The molecule has 0 aliphatic heterocycles. The van der Waals surface area contributed by atoms with E-state index in [0.717, 1.165) is 28.1 Å². The second kappa shape index (κ2) is 5.40. The largest absolute Gasteiger partial charge is 0.465 e. The SMILES string of the molecule is CCOC(=O)Cn1c2ccccc2c2ccc(C=O)cc21. The van der Waals surface area contributed by atoms with Gasteiger partial charge in [0, 0.05) is 21.9 Å². The van der Waals surface area contributed by atoms with Crippen LogP contribution in [0.25, 0.3) is 21.8 Å². The Morgan fingerprint density at radius 2 is 1.90 bits per heavy atom. The van der Waals surface area contributed by atoms with E-state index in [1.54, 1.807) is 13.0 Å². The first kappa shape index (κ1) is 13.4. The molecule has 4 nitrogen and oxygen atoms in total. The van der Waals surface area contributed by atoms with Gasteiger partial charge < -0.3 is 9.30 Å². The number of nitrogens with zero attached hydrogens (tertiary/aromatic N) is 1. The molecule has 0 amide bonds. The van der Waals surface area contributed by atoms with Gasteiger partial charge in [0.15, 0.2) is 0 Å². The Labute approximate surface area is 121 Å². The Morgan fingerprint density at radius 3 is 2.67 bits per heavy atom. The van der Waals surface area contributed by atoms with Crippen molar-refractivity contribution in [1.82, 2.24) is 4.57 Å². The van der Waals surface area contributed by atoms with Crippen molar-refractivity contribution in [3.05, 3.63) is 48.0 Å². The van der Waals surface area contributed by atoms with Crippen molar-refractivity contribution in [3.8, 4) is 0 Å². The number of para-hydroxylation sites is 1. The minimum absolute atomic E-state index is 0.139. The third-order valence-corrected chi connectivity index (χ3v) is 3.53. The number of fused-ring (bicyclic) bond motifs is 3. The van der Waals surface area contributed by atoms with Gasteiger partial charge in [-0.15, -0.1) is 0 Å². The lowest BCUT2D eigenvalue weighted by molar-refractivity contribution is -0.143. The lowest BCUT2D eigenvalue weighted by Crippen LogP contribution is -2.13. The fourth-order valence-corrected chi connectivity index (χ4v) is 2.65. The van der Waals surface area contributed by atoms with Crippen LogP contribution in [-0.4, -0.2) is 23.4 Å². The molecule has 0 fully saturated rings. The molecule has 0 unspecified atom stereocenters. The summed E-state index contributed by atoms with van der Waals surface area (Å²) in [4.78, 5) is 22.8. The van der Waals surface area contributed by atoms with Crippen LogP contribution in [0.15, 0.2) is 42.5 Å². The average molecular weight is 281 g/mol. The number of esters is 1. The highest BCUT2D eigenvalue weighted by atomic mass is 16.5. The zero-order valence-corrected chi connectivity index (χ0v) is 11.7. The summed E-state index contributed by atoms with van der Waals surface area (Å²) in [7, 11) is 0. The number of aldehydes is 1.